The molecule has 0 saturated carbocycles. The predicted molar refractivity (Wildman–Crippen MR) is 81.7 cm³/mol. The minimum atomic E-state index is -0.337. The van der Waals surface area contributed by atoms with E-state index in [0.29, 0.717) is 6.61 Å². The molecule has 0 saturated heterocycles. The van der Waals surface area contributed by atoms with E-state index in [4.69, 9.17) is 10.5 Å². The molecular weight excluding hydrogens is 252 g/mol. The van der Waals surface area contributed by atoms with Crippen LogP contribution in [-0.2, 0) is 4.79 Å². The van der Waals surface area contributed by atoms with Crippen molar-refractivity contribution in [3.63, 3.8) is 0 Å². The molecule has 20 heavy (non-hydrogen) atoms. The fourth-order valence-electron chi connectivity index (χ4n) is 1.89. The third kappa shape index (κ3) is 4.85. The summed E-state index contributed by atoms with van der Waals surface area (Å²) >= 11 is 0. The molecule has 0 aliphatic carbocycles. The average Bonchev–Trinajstić information content (AvgIpc) is 2.42. The van der Waals surface area contributed by atoms with Gasteiger partial charge in [0.05, 0.1) is 12.5 Å². The fraction of sp³-hybridized carbons (Fsp3) is 0.562. The molecule has 0 aromatic heterocycles. The topological polar surface area (TPSA) is 64.3 Å². The third-order valence-electron chi connectivity index (χ3n) is 3.31. The van der Waals surface area contributed by atoms with E-state index in [0.717, 1.165) is 29.8 Å². The van der Waals surface area contributed by atoms with Crippen molar-refractivity contribution in [1.29, 1.82) is 0 Å². The smallest absolute Gasteiger partial charge is 0.223 e. The fourth-order valence-corrected chi connectivity index (χ4v) is 1.89. The SMILES string of the molecule is CCCNC(C)c1ccc(C)cc1OCC(C)C(N)=O. The number of aryl methyl sites for hydroxylation is 1. The number of carbonyl (C=O) groups is 1. The van der Waals surface area contributed by atoms with Crippen LogP contribution < -0.4 is 15.8 Å². The molecule has 0 bridgehead atoms. The van der Waals surface area contributed by atoms with Crippen molar-refractivity contribution in [1.82, 2.24) is 5.32 Å². The second kappa shape index (κ2) is 7.90. The molecule has 1 aromatic rings. The minimum Gasteiger partial charge on any atom is -0.492 e. The lowest BCUT2D eigenvalue weighted by atomic mass is 10.0. The van der Waals surface area contributed by atoms with Gasteiger partial charge >= 0.3 is 0 Å². The van der Waals surface area contributed by atoms with Crippen LogP contribution in [-0.4, -0.2) is 19.1 Å². The highest BCUT2D eigenvalue weighted by Gasteiger charge is 2.14. The molecule has 0 radical (unpaired) electrons. The van der Waals surface area contributed by atoms with Gasteiger partial charge in [0.15, 0.2) is 0 Å². The first-order valence-electron chi connectivity index (χ1n) is 7.21. The van der Waals surface area contributed by atoms with Crippen molar-refractivity contribution in [3.05, 3.63) is 29.3 Å². The Labute approximate surface area is 121 Å². The first-order chi connectivity index (χ1) is 9.45. The summed E-state index contributed by atoms with van der Waals surface area (Å²) in [7, 11) is 0. The number of primary amides is 1. The Balaban J connectivity index is 2.81. The van der Waals surface area contributed by atoms with Crippen molar-refractivity contribution >= 4 is 5.91 Å². The van der Waals surface area contributed by atoms with Crippen molar-refractivity contribution < 1.29 is 9.53 Å². The highest BCUT2D eigenvalue weighted by molar-refractivity contribution is 5.76. The largest absolute Gasteiger partial charge is 0.492 e. The van der Waals surface area contributed by atoms with E-state index in [-0.39, 0.29) is 17.9 Å². The Morgan fingerprint density at radius 1 is 1.40 bits per heavy atom. The number of carbonyl (C=O) groups excluding carboxylic acids is 1. The summed E-state index contributed by atoms with van der Waals surface area (Å²) in [5.74, 6) is 0.202. The number of amides is 1. The van der Waals surface area contributed by atoms with E-state index in [2.05, 4.69) is 31.3 Å². The molecule has 3 N–H and O–H groups in total. The average molecular weight is 278 g/mol. The monoisotopic (exact) mass is 278 g/mol. The van der Waals surface area contributed by atoms with Gasteiger partial charge in [-0.25, -0.2) is 0 Å². The molecule has 0 spiro atoms. The third-order valence-corrected chi connectivity index (χ3v) is 3.31. The van der Waals surface area contributed by atoms with Crippen molar-refractivity contribution in [2.45, 2.75) is 40.2 Å². The van der Waals surface area contributed by atoms with E-state index < -0.39 is 0 Å². The number of ether oxygens (including phenoxy) is 1. The van der Waals surface area contributed by atoms with Gasteiger partial charge in [0.25, 0.3) is 0 Å². The maximum Gasteiger partial charge on any atom is 0.223 e. The van der Waals surface area contributed by atoms with Crippen LogP contribution in [0.1, 0.15) is 44.4 Å². The van der Waals surface area contributed by atoms with Gasteiger partial charge in [0.1, 0.15) is 5.75 Å². The summed E-state index contributed by atoms with van der Waals surface area (Å²) in [6.45, 7) is 9.33. The Hall–Kier alpha value is -1.55. The molecule has 1 rings (SSSR count). The maximum atomic E-state index is 11.1. The zero-order chi connectivity index (χ0) is 15.1. The molecule has 2 unspecified atom stereocenters. The van der Waals surface area contributed by atoms with Crippen molar-refractivity contribution in [2.75, 3.05) is 13.2 Å². The van der Waals surface area contributed by atoms with Gasteiger partial charge in [-0.1, -0.05) is 26.0 Å². The first-order valence-corrected chi connectivity index (χ1v) is 7.21. The molecule has 0 aliphatic heterocycles. The van der Waals surface area contributed by atoms with E-state index in [1.807, 2.05) is 13.0 Å². The van der Waals surface area contributed by atoms with E-state index >= 15 is 0 Å². The summed E-state index contributed by atoms with van der Waals surface area (Å²) in [6, 6.07) is 6.37. The number of nitrogens with one attached hydrogen (secondary N) is 1. The summed E-state index contributed by atoms with van der Waals surface area (Å²) in [5.41, 5.74) is 7.51. The van der Waals surface area contributed by atoms with Crippen LogP contribution in [0.5, 0.6) is 5.75 Å². The quantitative estimate of drug-likeness (QED) is 0.768. The van der Waals surface area contributed by atoms with Crippen LogP contribution in [0.15, 0.2) is 18.2 Å². The van der Waals surface area contributed by atoms with Gasteiger partial charge in [0, 0.05) is 11.6 Å². The van der Waals surface area contributed by atoms with Gasteiger partial charge in [-0.3, -0.25) is 4.79 Å². The number of hydrogen-bond acceptors (Lipinski definition) is 3. The molecule has 0 fully saturated rings. The summed E-state index contributed by atoms with van der Waals surface area (Å²) in [5, 5.41) is 3.45. The van der Waals surface area contributed by atoms with Gasteiger partial charge in [-0.05, 0) is 38.4 Å². The molecule has 0 heterocycles. The molecule has 2 atom stereocenters. The molecule has 112 valence electrons. The Kier molecular flexibility index (Phi) is 6.52. The van der Waals surface area contributed by atoms with Crippen molar-refractivity contribution in [2.24, 2.45) is 11.7 Å². The number of nitrogens with two attached hydrogens (primary N) is 1. The lowest BCUT2D eigenvalue weighted by molar-refractivity contribution is -0.122. The van der Waals surface area contributed by atoms with Crippen molar-refractivity contribution in [3.8, 4) is 5.75 Å². The second-order valence-electron chi connectivity index (χ2n) is 5.33. The summed E-state index contributed by atoms with van der Waals surface area (Å²) < 4.78 is 5.80. The predicted octanol–water partition coefficient (Wildman–Crippen LogP) is 2.56. The van der Waals surface area contributed by atoms with Gasteiger partial charge < -0.3 is 15.8 Å². The van der Waals surface area contributed by atoms with Crippen LogP contribution in [0.2, 0.25) is 0 Å². The summed E-state index contributed by atoms with van der Waals surface area (Å²) in [4.78, 5) is 11.1. The van der Waals surface area contributed by atoms with Gasteiger partial charge in [-0.2, -0.15) is 0 Å². The lowest BCUT2D eigenvalue weighted by Gasteiger charge is -2.19. The molecule has 1 amide bonds. The normalized spacial score (nSPS) is 13.8. The molecular formula is C16H26N2O2. The zero-order valence-electron chi connectivity index (χ0n) is 12.9. The minimum absolute atomic E-state index is 0.217. The Bertz CT molecular complexity index is 446. The van der Waals surface area contributed by atoms with E-state index in [1.165, 1.54) is 0 Å². The Morgan fingerprint density at radius 3 is 2.70 bits per heavy atom. The first kappa shape index (κ1) is 16.5. The van der Waals surface area contributed by atoms with Crippen LogP contribution in [0.3, 0.4) is 0 Å². The zero-order valence-corrected chi connectivity index (χ0v) is 12.9. The molecule has 1 aromatic carbocycles. The Morgan fingerprint density at radius 2 is 2.10 bits per heavy atom. The van der Waals surface area contributed by atoms with Gasteiger partial charge in [0.2, 0.25) is 5.91 Å². The standard InChI is InChI=1S/C16H26N2O2/c1-5-8-18-13(4)14-7-6-11(2)9-15(14)20-10-12(3)16(17)19/h6-7,9,12-13,18H,5,8,10H2,1-4H3,(H2,17,19). The maximum absolute atomic E-state index is 11.1. The van der Waals surface area contributed by atoms with Crippen LogP contribution in [0.4, 0.5) is 0 Å². The number of rotatable bonds is 8. The van der Waals surface area contributed by atoms with Gasteiger partial charge in [-0.15, -0.1) is 0 Å². The molecule has 4 nitrogen and oxygen atoms in total. The number of benzene rings is 1. The molecule has 4 heteroatoms. The highest BCUT2D eigenvalue weighted by Crippen LogP contribution is 2.26. The molecule has 0 aliphatic rings. The second-order valence-corrected chi connectivity index (χ2v) is 5.33. The van der Waals surface area contributed by atoms with Crippen LogP contribution in [0, 0.1) is 12.8 Å². The van der Waals surface area contributed by atoms with E-state index in [9.17, 15) is 4.79 Å². The van der Waals surface area contributed by atoms with E-state index in [1.54, 1.807) is 6.92 Å². The number of hydrogen-bond donors (Lipinski definition) is 2. The van der Waals surface area contributed by atoms with Crippen LogP contribution >= 0.6 is 0 Å². The highest BCUT2D eigenvalue weighted by atomic mass is 16.5. The lowest BCUT2D eigenvalue weighted by Crippen LogP contribution is -2.26. The van der Waals surface area contributed by atoms with Crippen LogP contribution in [0.25, 0.3) is 0 Å². The summed E-state index contributed by atoms with van der Waals surface area (Å²) in [6.07, 6.45) is 1.09.